The highest BCUT2D eigenvalue weighted by Gasteiger charge is 2.17. The quantitative estimate of drug-likeness (QED) is 0.469. The molecule has 0 fully saturated rings. The van der Waals surface area contributed by atoms with Crippen molar-refractivity contribution in [3.8, 4) is 0 Å². The van der Waals surface area contributed by atoms with E-state index in [0.717, 1.165) is 5.06 Å². The van der Waals surface area contributed by atoms with Gasteiger partial charge >= 0.3 is 0 Å². The van der Waals surface area contributed by atoms with E-state index >= 15 is 0 Å². The normalized spacial score (nSPS) is 10.2. The van der Waals surface area contributed by atoms with Gasteiger partial charge in [-0.25, -0.2) is 0 Å². The zero-order valence-electron chi connectivity index (χ0n) is 10.1. The number of nitrogens with zero attached hydrogens (tertiary/aromatic N) is 2. The summed E-state index contributed by atoms with van der Waals surface area (Å²) in [4.78, 5) is 26.8. The Bertz CT molecular complexity index is 464. The van der Waals surface area contributed by atoms with Crippen molar-refractivity contribution in [1.82, 2.24) is 0 Å². The van der Waals surface area contributed by atoms with Crippen LogP contribution in [0.25, 0.3) is 0 Å². The predicted octanol–water partition coefficient (Wildman–Crippen LogP) is 2.43. The average molecular weight is 273 g/mol. The number of non-ortho nitro benzene ring substituents is 1. The van der Waals surface area contributed by atoms with Crippen LogP contribution < -0.4 is 5.06 Å². The van der Waals surface area contributed by atoms with Crippen LogP contribution in [0.4, 0.5) is 11.4 Å². The van der Waals surface area contributed by atoms with Crippen LogP contribution in [0, 0.1) is 17.0 Å². The number of rotatable bonds is 5. The summed E-state index contributed by atoms with van der Waals surface area (Å²) in [5.74, 6) is -0.0763. The van der Waals surface area contributed by atoms with Gasteiger partial charge in [-0.05, 0) is 18.6 Å². The molecule has 0 unspecified atom stereocenters. The number of aryl methyl sites for hydroxylation is 1. The first kappa shape index (κ1) is 14.4. The fourth-order valence-corrected chi connectivity index (χ4v) is 1.51. The van der Waals surface area contributed by atoms with Crippen molar-refractivity contribution in [3.63, 3.8) is 0 Å². The van der Waals surface area contributed by atoms with Gasteiger partial charge in [0.05, 0.1) is 17.2 Å². The van der Waals surface area contributed by atoms with Gasteiger partial charge in [0.2, 0.25) is 5.91 Å². The summed E-state index contributed by atoms with van der Waals surface area (Å²) >= 11 is 5.49. The molecule has 1 amide bonds. The maximum absolute atomic E-state index is 11.4. The number of amides is 1. The number of carbonyl (C=O) groups excluding carboxylic acids is 1. The molecule has 0 aliphatic carbocycles. The third-order valence-electron chi connectivity index (χ3n) is 2.19. The van der Waals surface area contributed by atoms with E-state index in [0.29, 0.717) is 11.3 Å². The Hall–Kier alpha value is -1.66. The van der Waals surface area contributed by atoms with E-state index in [1.807, 2.05) is 0 Å². The molecule has 0 aliphatic heterocycles. The topological polar surface area (TPSA) is 72.7 Å². The average Bonchev–Trinajstić information content (AvgIpc) is 2.30. The minimum Gasteiger partial charge on any atom is -0.273 e. The van der Waals surface area contributed by atoms with E-state index in [-0.39, 0.29) is 24.1 Å². The van der Waals surface area contributed by atoms with Gasteiger partial charge in [-0.1, -0.05) is 0 Å². The van der Waals surface area contributed by atoms with Crippen molar-refractivity contribution >= 4 is 28.9 Å². The number of anilines is 1. The minimum atomic E-state index is -0.492. The van der Waals surface area contributed by atoms with Gasteiger partial charge in [-0.15, -0.1) is 11.6 Å². The van der Waals surface area contributed by atoms with Crippen molar-refractivity contribution in [1.29, 1.82) is 0 Å². The van der Waals surface area contributed by atoms with Crippen LogP contribution in [0.2, 0.25) is 0 Å². The van der Waals surface area contributed by atoms with Crippen LogP contribution in [0.15, 0.2) is 18.2 Å². The number of hydrogen-bond acceptors (Lipinski definition) is 4. The van der Waals surface area contributed by atoms with E-state index in [2.05, 4.69) is 0 Å². The van der Waals surface area contributed by atoms with Crippen molar-refractivity contribution in [3.05, 3.63) is 33.9 Å². The second-order valence-electron chi connectivity index (χ2n) is 3.56. The van der Waals surface area contributed by atoms with Gasteiger partial charge in [0.15, 0.2) is 0 Å². The fourth-order valence-electron chi connectivity index (χ4n) is 1.44. The first-order valence-corrected chi connectivity index (χ1v) is 5.75. The van der Waals surface area contributed by atoms with E-state index < -0.39 is 4.92 Å². The van der Waals surface area contributed by atoms with E-state index in [4.69, 9.17) is 16.4 Å². The molecule has 0 heterocycles. The molecular weight excluding hydrogens is 260 g/mol. The van der Waals surface area contributed by atoms with Crippen LogP contribution in [-0.4, -0.2) is 23.3 Å². The lowest BCUT2D eigenvalue weighted by atomic mass is 10.2. The fraction of sp³-hybridized carbons (Fsp3) is 0.364. The largest absolute Gasteiger partial charge is 0.273 e. The molecule has 6 nitrogen and oxygen atoms in total. The highest BCUT2D eigenvalue weighted by Crippen LogP contribution is 2.25. The second-order valence-corrected chi connectivity index (χ2v) is 3.94. The smallest absolute Gasteiger partial charge is 0.269 e. The van der Waals surface area contributed by atoms with Crippen molar-refractivity contribution < 1.29 is 14.6 Å². The molecule has 18 heavy (non-hydrogen) atoms. The molecule has 98 valence electrons. The van der Waals surface area contributed by atoms with Crippen molar-refractivity contribution in [2.75, 3.05) is 17.6 Å². The zero-order chi connectivity index (χ0) is 13.7. The molecule has 0 N–H and O–H groups in total. The summed E-state index contributed by atoms with van der Waals surface area (Å²) in [6.45, 7) is 3.19. The number of nitro groups is 1. The van der Waals surface area contributed by atoms with Crippen molar-refractivity contribution in [2.45, 2.75) is 13.8 Å². The molecular formula is C11H13ClN2O4. The summed E-state index contributed by atoms with van der Waals surface area (Å²) in [5, 5.41) is 11.7. The Morgan fingerprint density at radius 2 is 2.22 bits per heavy atom. The minimum absolute atomic E-state index is 0.0305. The lowest BCUT2D eigenvalue weighted by Gasteiger charge is -2.21. The first-order valence-electron chi connectivity index (χ1n) is 5.22. The highest BCUT2D eigenvalue weighted by molar-refractivity contribution is 6.18. The molecule has 1 aromatic rings. The monoisotopic (exact) mass is 272 g/mol. The van der Waals surface area contributed by atoms with Gasteiger partial charge in [-0.3, -0.25) is 19.7 Å². The number of nitro benzene ring substituents is 1. The SMILES string of the molecule is CC(=O)N(OCCCl)c1ccc([N+](=O)[O-])cc1C. The molecule has 0 radical (unpaired) electrons. The molecule has 0 saturated heterocycles. The Labute approximate surface area is 109 Å². The lowest BCUT2D eigenvalue weighted by molar-refractivity contribution is -0.384. The molecule has 0 aliphatic rings. The Kier molecular flexibility index (Phi) is 5.06. The summed E-state index contributed by atoms with van der Waals surface area (Å²) in [5.41, 5.74) is 1.02. The van der Waals surface area contributed by atoms with Gasteiger partial charge in [0, 0.05) is 24.9 Å². The van der Waals surface area contributed by atoms with Crippen molar-refractivity contribution in [2.24, 2.45) is 0 Å². The number of carbonyl (C=O) groups is 1. The second kappa shape index (κ2) is 6.32. The molecule has 0 spiro atoms. The predicted molar refractivity (Wildman–Crippen MR) is 67.7 cm³/mol. The van der Waals surface area contributed by atoms with Gasteiger partial charge in [0.1, 0.15) is 0 Å². The zero-order valence-corrected chi connectivity index (χ0v) is 10.8. The number of hydrogen-bond donors (Lipinski definition) is 0. The summed E-state index contributed by atoms with van der Waals surface area (Å²) in [7, 11) is 0. The molecule has 0 bridgehead atoms. The number of hydroxylamine groups is 1. The Morgan fingerprint density at radius 3 is 2.67 bits per heavy atom. The highest BCUT2D eigenvalue weighted by atomic mass is 35.5. The van der Waals surface area contributed by atoms with Crippen LogP contribution in [0.5, 0.6) is 0 Å². The van der Waals surface area contributed by atoms with Gasteiger partial charge < -0.3 is 0 Å². The third-order valence-corrected chi connectivity index (χ3v) is 2.35. The third kappa shape index (κ3) is 3.41. The molecule has 7 heteroatoms. The summed E-state index contributed by atoms with van der Waals surface area (Å²) < 4.78 is 0. The van der Waals surface area contributed by atoms with Crippen LogP contribution in [0.3, 0.4) is 0 Å². The van der Waals surface area contributed by atoms with Gasteiger partial charge in [-0.2, -0.15) is 5.06 Å². The molecule has 1 aromatic carbocycles. The Morgan fingerprint density at radius 1 is 1.56 bits per heavy atom. The number of alkyl halides is 1. The lowest BCUT2D eigenvalue weighted by Crippen LogP contribution is -2.30. The number of halogens is 1. The van der Waals surface area contributed by atoms with E-state index in [9.17, 15) is 14.9 Å². The summed E-state index contributed by atoms with van der Waals surface area (Å²) in [6, 6.07) is 4.18. The summed E-state index contributed by atoms with van der Waals surface area (Å²) in [6.07, 6.45) is 0. The molecule has 0 aromatic heterocycles. The molecule has 0 atom stereocenters. The van der Waals surface area contributed by atoms with Gasteiger partial charge in [0.25, 0.3) is 5.69 Å². The van der Waals surface area contributed by atoms with E-state index in [1.54, 1.807) is 6.92 Å². The molecule has 0 saturated carbocycles. The Balaban J connectivity index is 3.05. The van der Waals surface area contributed by atoms with Crippen LogP contribution >= 0.6 is 11.6 Å². The van der Waals surface area contributed by atoms with Crippen LogP contribution in [-0.2, 0) is 9.63 Å². The van der Waals surface area contributed by atoms with Crippen LogP contribution in [0.1, 0.15) is 12.5 Å². The maximum atomic E-state index is 11.4. The van der Waals surface area contributed by atoms with E-state index in [1.165, 1.54) is 25.1 Å². The first-order chi connectivity index (χ1) is 8.47. The maximum Gasteiger partial charge on any atom is 0.269 e. The molecule has 1 rings (SSSR count). The standard InChI is InChI=1S/C11H13ClN2O4/c1-8-7-10(14(16)17)3-4-11(8)13(9(2)15)18-6-5-12/h3-4,7H,5-6H2,1-2H3. The number of benzene rings is 1.